The molecule has 7 nitrogen and oxygen atoms in total. The Morgan fingerprint density at radius 2 is 2.20 bits per heavy atom. The molecule has 1 atom stereocenters. The van der Waals surface area contributed by atoms with E-state index >= 15 is 0 Å². The summed E-state index contributed by atoms with van der Waals surface area (Å²) >= 11 is 0. The van der Waals surface area contributed by atoms with E-state index in [0.29, 0.717) is 36.1 Å². The fourth-order valence-corrected chi connectivity index (χ4v) is 1.69. The Labute approximate surface area is 116 Å². The Kier molecular flexibility index (Phi) is 4.54. The highest BCUT2D eigenvalue weighted by molar-refractivity contribution is 5.60. The van der Waals surface area contributed by atoms with Gasteiger partial charge in [-0.2, -0.15) is 4.98 Å². The number of aromatic nitrogens is 2. The van der Waals surface area contributed by atoms with Crippen molar-refractivity contribution in [3.63, 3.8) is 0 Å². The minimum Gasteiger partial charge on any atom is -0.504 e. The molecule has 20 heavy (non-hydrogen) atoms. The van der Waals surface area contributed by atoms with Crippen LogP contribution in [0.15, 0.2) is 22.7 Å². The molecule has 0 spiro atoms. The van der Waals surface area contributed by atoms with Gasteiger partial charge in [-0.05, 0) is 24.6 Å². The lowest BCUT2D eigenvalue weighted by molar-refractivity contribution is 0.182. The van der Waals surface area contributed by atoms with Gasteiger partial charge in [-0.25, -0.2) is 0 Å². The zero-order chi connectivity index (χ0) is 14.5. The van der Waals surface area contributed by atoms with Gasteiger partial charge in [-0.1, -0.05) is 5.16 Å². The molecule has 0 saturated heterocycles. The molecule has 1 heterocycles. The first-order valence-electron chi connectivity index (χ1n) is 6.11. The molecule has 1 unspecified atom stereocenters. The number of ether oxygens (including phenoxy) is 2. The molecule has 0 aliphatic carbocycles. The monoisotopic (exact) mass is 279 g/mol. The zero-order valence-corrected chi connectivity index (χ0v) is 11.4. The van der Waals surface area contributed by atoms with Crippen molar-refractivity contribution >= 4 is 0 Å². The molecule has 2 rings (SSSR count). The summed E-state index contributed by atoms with van der Waals surface area (Å²) < 4.78 is 15.1. The number of hydrogen-bond acceptors (Lipinski definition) is 7. The molecule has 0 aliphatic heterocycles. The Hall–Kier alpha value is -2.12. The lowest BCUT2D eigenvalue weighted by atomic mass is 10.2. The lowest BCUT2D eigenvalue weighted by Crippen LogP contribution is -2.12. The summed E-state index contributed by atoms with van der Waals surface area (Å²) in [7, 11) is 3.08. The van der Waals surface area contributed by atoms with E-state index in [2.05, 4.69) is 10.1 Å². The number of methoxy groups -OCH3 is 2. The van der Waals surface area contributed by atoms with E-state index in [0.717, 1.165) is 0 Å². The third-order valence-electron chi connectivity index (χ3n) is 2.83. The first kappa shape index (κ1) is 14.3. The maximum atomic E-state index is 9.55. The summed E-state index contributed by atoms with van der Waals surface area (Å²) in [5.41, 5.74) is 6.59. The number of phenolic OH excluding ortho intramolecular Hbond substituents is 1. The number of hydrogen-bond donors (Lipinski definition) is 2. The van der Waals surface area contributed by atoms with Crippen LogP contribution in [0.25, 0.3) is 11.4 Å². The third kappa shape index (κ3) is 3.06. The van der Waals surface area contributed by atoms with Crippen LogP contribution >= 0.6 is 0 Å². The minimum absolute atomic E-state index is 0.0526. The van der Waals surface area contributed by atoms with Crippen LogP contribution in [0.3, 0.4) is 0 Å². The number of nitrogens with two attached hydrogens (primary N) is 1. The molecule has 0 aliphatic rings. The van der Waals surface area contributed by atoms with Gasteiger partial charge in [-0.15, -0.1) is 0 Å². The van der Waals surface area contributed by atoms with Crippen molar-refractivity contribution in [2.45, 2.75) is 12.5 Å². The fraction of sp³-hybridized carbons (Fsp3) is 0.385. The molecule has 1 aromatic heterocycles. The topological polar surface area (TPSA) is 104 Å². The first-order valence-corrected chi connectivity index (χ1v) is 6.11. The van der Waals surface area contributed by atoms with Crippen molar-refractivity contribution in [2.24, 2.45) is 5.73 Å². The second-order valence-corrected chi connectivity index (χ2v) is 4.23. The van der Waals surface area contributed by atoms with Gasteiger partial charge in [0.2, 0.25) is 11.7 Å². The van der Waals surface area contributed by atoms with Crippen LogP contribution in [0, 0.1) is 0 Å². The van der Waals surface area contributed by atoms with Crippen molar-refractivity contribution in [1.82, 2.24) is 10.1 Å². The second-order valence-electron chi connectivity index (χ2n) is 4.23. The summed E-state index contributed by atoms with van der Waals surface area (Å²) in [5, 5.41) is 13.4. The molecule has 3 N–H and O–H groups in total. The van der Waals surface area contributed by atoms with Gasteiger partial charge in [0.15, 0.2) is 11.5 Å². The number of phenols is 1. The highest BCUT2D eigenvalue weighted by Crippen LogP contribution is 2.30. The van der Waals surface area contributed by atoms with E-state index in [1.165, 1.54) is 13.2 Å². The molecule has 0 saturated carbocycles. The third-order valence-corrected chi connectivity index (χ3v) is 2.83. The van der Waals surface area contributed by atoms with Gasteiger partial charge < -0.3 is 24.8 Å². The van der Waals surface area contributed by atoms with E-state index in [1.807, 2.05) is 0 Å². The van der Waals surface area contributed by atoms with E-state index in [9.17, 15) is 5.11 Å². The predicted octanol–water partition coefficient (Wildman–Crippen LogP) is 1.49. The highest BCUT2D eigenvalue weighted by atomic mass is 16.5. The van der Waals surface area contributed by atoms with Gasteiger partial charge in [-0.3, -0.25) is 0 Å². The second kappa shape index (κ2) is 6.36. The summed E-state index contributed by atoms with van der Waals surface area (Å²) in [6.45, 7) is 0.520. The Morgan fingerprint density at radius 1 is 1.40 bits per heavy atom. The number of aromatic hydroxyl groups is 1. The van der Waals surface area contributed by atoms with Gasteiger partial charge in [0.25, 0.3) is 0 Å². The van der Waals surface area contributed by atoms with Gasteiger partial charge >= 0.3 is 0 Å². The maximum absolute atomic E-state index is 9.55. The van der Waals surface area contributed by atoms with Gasteiger partial charge in [0.1, 0.15) is 0 Å². The number of nitrogens with zero attached hydrogens (tertiary/aromatic N) is 2. The standard InChI is InChI=1S/C13H17N3O4/c1-18-6-5-9(14)13-15-12(16-20-13)8-3-4-10(17)11(7-8)19-2/h3-4,7,9,17H,5-6,14H2,1-2H3. The van der Waals surface area contributed by atoms with E-state index in [1.54, 1.807) is 19.2 Å². The van der Waals surface area contributed by atoms with Crippen LogP contribution < -0.4 is 10.5 Å². The zero-order valence-electron chi connectivity index (χ0n) is 11.4. The van der Waals surface area contributed by atoms with E-state index < -0.39 is 0 Å². The van der Waals surface area contributed by atoms with E-state index in [-0.39, 0.29) is 11.8 Å². The molecule has 108 valence electrons. The summed E-state index contributed by atoms with van der Waals surface area (Å²) in [6, 6.07) is 4.45. The number of rotatable bonds is 6. The Bertz CT molecular complexity index is 570. The SMILES string of the molecule is COCCC(N)c1nc(-c2ccc(O)c(OC)c2)no1. The highest BCUT2D eigenvalue weighted by Gasteiger charge is 2.16. The molecule has 2 aromatic rings. The molecule has 0 bridgehead atoms. The van der Waals surface area contributed by atoms with Crippen molar-refractivity contribution < 1.29 is 19.1 Å². The number of benzene rings is 1. The summed E-state index contributed by atoms with van der Waals surface area (Å²) in [5.74, 6) is 1.14. The van der Waals surface area contributed by atoms with Crippen LogP contribution in [0.5, 0.6) is 11.5 Å². The van der Waals surface area contributed by atoms with E-state index in [4.69, 9.17) is 19.7 Å². The molecule has 0 amide bonds. The van der Waals surface area contributed by atoms with Crippen LogP contribution in [0.2, 0.25) is 0 Å². The quantitative estimate of drug-likeness (QED) is 0.825. The average Bonchev–Trinajstić information content (AvgIpc) is 2.95. The predicted molar refractivity (Wildman–Crippen MR) is 71.4 cm³/mol. The molecule has 0 radical (unpaired) electrons. The van der Waals surface area contributed by atoms with Crippen LogP contribution in [-0.4, -0.2) is 36.1 Å². The largest absolute Gasteiger partial charge is 0.504 e. The molecule has 7 heteroatoms. The van der Waals surface area contributed by atoms with Crippen LogP contribution in [0.1, 0.15) is 18.4 Å². The Morgan fingerprint density at radius 3 is 2.90 bits per heavy atom. The van der Waals surface area contributed by atoms with Crippen LogP contribution in [-0.2, 0) is 4.74 Å². The molecular weight excluding hydrogens is 262 g/mol. The lowest BCUT2D eigenvalue weighted by Gasteiger charge is -2.04. The van der Waals surface area contributed by atoms with Crippen molar-refractivity contribution in [3.8, 4) is 22.9 Å². The first-order chi connectivity index (χ1) is 9.65. The van der Waals surface area contributed by atoms with Crippen LogP contribution in [0.4, 0.5) is 0 Å². The fourth-order valence-electron chi connectivity index (χ4n) is 1.69. The smallest absolute Gasteiger partial charge is 0.243 e. The Balaban J connectivity index is 2.20. The normalized spacial score (nSPS) is 12.3. The molecular formula is C13H17N3O4. The maximum Gasteiger partial charge on any atom is 0.243 e. The summed E-state index contributed by atoms with van der Waals surface area (Å²) in [6.07, 6.45) is 0.594. The van der Waals surface area contributed by atoms with Crippen molar-refractivity contribution in [2.75, 3.05) is 20.8 Å². The minimum atomic E-state index is -0.366. The molecule has 0 fully saturated rings. The van der Waals surface area contributed by atoms with Gasteiger partial charge in [0, 0.05) is 19.3 Å². The molecule has 1 aromatic carbocycles. The average molecular weight is 279 g/mol. The summed E-state index contributed by atoms with van der Waals surface area (Å²) in [4.78, 5) is 4.24. The van der Waals surface area contributed by atoms with Crippen molar-refractivity contribution in [1.29, 1.82) is 0 Å². The van der Waals surface area contributed by atoms with Crippen molar-refractivity contribution in [3.05, 3.63) is 24.1 Å². The van der Waals surface area contributed by atoms with Gasteiger partial charge in [0.05, 0.1) is 13.2 Å².